The van der Waals surface area contributed by atoms with Crippen molar-refractivity contribution in [3.8, 4) is 0 Å². The SMILES string of the molecule is CCCNc1nc(NCCC(=O)NC)c(Cl)cc1Cl. The number of hydrogen-bond donors (Lipinski definition) is 3. The molecule has 0 saturated carbocycles. The van der Waals surface area contributed by atoms with Crippen LogP contribution >= 0.6 is 23.2 Å². The van der Waals surface area contributed by atoms with Crippen LogP contribution in [0.3, 0.4) is 0 Å². The van der Waals surface area contributed by atoms with Gasteiger partial charge in [-0.1, -0.05) is 30.1 Å². The van der Waals surface area contributed by atoms with Crippen molar-refractivity contribution in [2.75, 3.05) is 30.8 Å². The number of carbonyl (C=O) groups excluding carboxylic acids is 1. The highest BCUT2D eigenvalue weighted by Crippen LogP contribution is 2.29. The van der Waals surface area contributed by atoms with Crippen LogP contribution in [-0.4, -0.2) is 31.0 Å². The van der Waals surface area contributed by atoms with E-state index in [4.69, 9.17) is 23.2 Å². The molecule has 0 aromatic carbocycles. The fourth-order valence-corrected chi connectivity index (χ4v) is 1.87. The van der Waals surface area contributed by atoms with Gasteiger partial charge < -0.3 is 16.0 Å². The molecule has 1 amide bonds. The highest BCUT2D eigenvalue weighted by Gasteiger charge is 2.09. The van der Waals surface area contributed by atoms with Crippen molar-refractivity contribution in [3.05, 3.63) is 16.1 Å². The first-order chi connectivity index (χ1) is 9.08. The maximum Gasteiger partial charge on any atom is 0.221 e. The Hall–Kier alpha value is -1.20. The molecule has 1 aromatic rings. The number of carbonyl (C=O) groups is 1. The van der Waals surface area contributed by atoms with Crippen LogP contribution < -0.4 is 16.0 Å². The van der Waals surface area contributed by atoms with E-state index in [2.05, 4.69) is 27.9 Å². The summed E-state index contributed by atoms with van der Waals surface area (Å²) < 4.78 is 0. The fraction of sp³-hybridized carbons (Fsp3) is 0.500. The van der Waals surface area contributed by atoms with Gasteiger partial charge in [-0.3, -0.25) is 4.79 Å². The Morgan fingerprint density at radius 3 is 2.32 bits per heavy atom. The molecule has 0 fully saturated rings. The molecule has 0 aliphatic heterocycles. The summed E-state index contributed by atoms with van der Waals surface area (Å²) in [5, 5.41) is 9.60. The number of halogens is 2. The maximum atomic E-state index is 11.1. The Bertz CT molecular complexity index is 440. The number of aromatic nitrogens is 1. The van der Waals surface area contributed by atoms with Gasteiger partial charge in [0.2, 0.25) is 5.91 Å². The molecule has 1 rings (SSSR count). The second kappa shape index (κ2) is 8.07. The summed E-state index contributed by atoms with van der Waals surface area (Å²) >= 11 is 12.1. The van der Waals surface area contributed by atoms with Crippen molar-refractivity contribution in [3.63, 3.8) is 0 Å². The zero-order chi connectivity index (χ0) is 14.3. The van der Waals surface area contributed by atoms with Crippen molar-refractivity contribution >= 4 is 40.7 Å². The predicted molar refractivity (Wildman–Crippen MR) is 80.2 cm³/mol. The third kappa shape index (κ3) is 5.12. The molecule has 0 saturated heterocycles. The molecule has 19 heavy (non-hydrogen) atoms. The summed E-state index contributed by atoms with van der Waals surface area (Å²) in [6.45, 7) is 3.30. The average molecular weight is 305 g/mol. The van der Waals surface area contributed by atoms with Crippen LogP contribution in [0, 0.1) is 0 Å². The highest BCUT2D eigenvalue weighted by molar-refractivity contribution is 6.37. The lowest BCUT2D eigenvalue weighted by Gasteiger charge is -2.11. The Balaban J connectivity index is 2.68. The van der Waals surface area contributed by atoms with Crippen LogP contribution in [0.2, 0.25) is 10.0 Å². The molecule has 5 nitrogen and oxygen atoms in total. The summed E-state index contributed by atoms with van der Waals surface area (Å²) in [5.74, 6) is 1.07. The second-order valence-electron chi connectivity index (χ2n) is 3.93. The lowest BCUT2D eigenvalue weighted by molar-refractivity contribution is -0.120. The number of amides is 1. The minimum absolute atomic E-state index is 0.0399. The van der Waals surface area contributed by atoms with Crippen molar-refractivity contribution in [1.82, 2.24) is 10.3 Å². The zero-order valence-corrected chi connectivity index (χ0v) is 12.5. The molecule has 1 heterocycles. The van der Waals surface area contributed by atoms with Crippen LogP contribution in [0.5, 0.6) is 0 Å². The maximum absolute atomic E-state index is 11.1. The van der Waals surface area contributed by atoms with Crippen LogP contribution in [0.4, 0.5) is 11.6 Å². The molecule has 0 aliphatic rings. The number of nitrogens with one attached hydrogen (secondary N) is 3. The predicted octanol–water partition coefficient (Wildman–Crippen LogP) is 2.76. The highest BCUT2D eigenvalue weighted by atomic mass is 35.5. The normalized spacial score (nSPS) is 10.1. The van der Waals surface area contributed by atoms with Gasteiger partial charge in [0, 0.05) is 26.6 Å². The third-order valence-electron chi connectivity index (χ3n) is 2.40. The number of pyridine rings is 1. The molecule has 0 atom stereocenters. The van der Waals surface area contributed by atoms with Gasteiger partial charge in [0.25, 0.3) is 0 Å². The molecule has 106 valence electrons. The molecule has 3 N–H and O–H groups in total. The van der Waals surface area contributed by atoms with Crippen molar-refractivity contribution < 1.29 is 4.79 Å². The fourth-order valence-electron chi connectivity index (χ4n) is 1.38. The minimum atomic E-state index is -0.0399. The van der Waals surface area contributed by atoms with Crippen molar-refractivity contribution in [2.45, 2.75) is 19.8 Å². The van der Waals surface area contributed by atoms with E-state index in [9.17, 15) is 4.79 Å². The van der Waals surface area contributed by atoms with E-state index in [0.717, 1.165) is 13.0 Å². The van der Waals surface area contributed by atoms with Crippen LogP contribution in [0.25, 0.3) is 0 Å². The Morgan fingerprint density at radius 1 is 1.21 bits per heavy atom. The summed E-state index contributed by atoms with van der Waals surface area (Å²) in [5.41, 5.74) is 0. The molecule has 7 heteroatoms. The van der Waals surface area contributed by atoms with E-state index in [-0.39, 0.29) is 5.91 Å². The first-order valence-electron chi connectivity index (χ1n) is 6.12. The molecular formula is C12H18Cl2N4O. The van der Waals surface area contributed by atoms with Gasteiger partial charge in [-0.05, 0) is 12.5 Å². The number of nitrogens with zero attached hydrogens (tertiary/aromatic N) is 1. The van der Waals surface area contributed by atoms with Gasteiger partial charge in [-0.15, -0.1) is 0 Å². The summed E-state index contributed by atoms with van der Waals surface area (Å²) in [6, 6.07) is 1.64. The van der Waals surface area contributed by atoms with E-state index in [1.807, 2.05) is 0 Å². The van der Waals surface area contributed by atoms with E-state index < -0.39 is 0 Å². The van der Waals surface area contributed by atoms with Crippen molar-refractivity contribution in [1.29, 1.82) is 0 Å². The van der Waals surface area contributed by atoms with Crippen LogP contribution in [0.1, 0.15) is 19.8 Å². The standard InChI is InChI=1S/C12H18Cl2N4O/c1-3-5-16-11-8(13)7-9(14)12(18-11)17-6-4-10(19)15-2/h7H,3-6H2,1-2H3,(H,15,19)(H2,16,17,18). The average Bonchev–Trinajstić information content (AvgIpc) is 2.39. The zero-order valence-electron chi connectivity index (χ0n) is 11.0. The van der Waals surface area contributed by atoms with Gasteiger partial charge in [0.1, 0.15) is 11.6 Å². The van der Waals surface area contributed by atoms with Gasteiger partial charge in [-0.25, -0.2) is 4.98 Å². The summed E-state index contributed by atoms with van der Waals surface area (Å²) in [6.07, 6.45) is 1.33. The molecule has 0 aliphatic carbocycles. The Labute approximate surface area is 123 Å². The lowest BCUT2D eigenvalue weighted by Crippen LogP contribution is -2.21. The van der Waals surface area contributed by atoms with E-state index in [0.29, 0.717) is 34.6 Å². The molecular weight excluding hydrogens is 287 g/mol. The van der Waals surface area contributed by atoms with E-state index in [1.54, 1.807) is 13.1 Å². The van der Waals surface area contributed by atoms with E-state index in [1.165, 1.54) is 0 Å². The number of rotatable bonds is 7. The monoisotopic (exact) mass is 304 g/mol. The topological polar surface area (TPSA) is 66.0 Å². The molecule has 1 aromatic heterocycles. The first kappa shape index (κ1) is 15.9. The molecule has 0 bridgehead atoms. The first-order valence-corrected chi connectivity index (χ1v) is 6.88. The number of hydrogen-bond acceptors (Lipinski definition) is 4. The summed E-state index contributed by atoms with van der Waals surface area (Å²) in [7, 11) is 1.60. The van der Waals surface area contributed by atoms with Gasteiger partial charge in [-0.2, -0.15) is 0 Å². The Morgan fingerprint density at radius 2 is 1.79 bits per heavy atom. The van der Waals surface area contributed by atoms with E-state index >= 15 is 0 Å². The van der Waals surface area contributed by atoms with Gasteiger partial charge in [0.05, 0.1) is 10.0 Å². The lowest BCUT2D eigenvalue weighted by atomic mass is 10.3. The molecule has 0 radical (unpaired) electrons. The largest absolute Gasteiger partial charge is 0.369 e. The second-order valence-corrected chi connectivity index (χ2v) is 4.74. The molecule has 0 spiro atoms. The number of anilines is 2. The third-order valence-corrected chi connectivity index (χ3v) is 2.97. The van der Waals surface area contributed by atoms with Crippen LogP contribution in [-0.2, 0) is 4.79 Å². The smallest absolute Gasteiger partial charge is 0.221 e. The van der Waals surface area contributed by atoms with Gasteiger partial charge in [0.15, 0.2) is 0 Å². The molecule has 0 unspecified atom stereocenters. The van der Waals surface area contributed by atoms with Gasteiger partial charge >= 0.3 is 0 Å². The minimum Gasteiger partial charge on any atom is -0.369 e. The Kier molecular flexibility index (Phi) is 6.73. The quantitative estimate of drug-likeness (QED) is 0.725. The van der Waals surface area contributed by atoms with Crippen molar-refractivity contribution in [2.24, 2.45) is 0 Å². The summed E-state index contributed by atoms with van der Waals surface area (Å²) in [4.78, 5) is 15.4. The van der Waals surface area contributed by atoms with Crippen LogP contribution in [0.15, 0.2) is 6.07 Å².